The van der Waals surface area contributed by atoms with E-state index in [2.05, 4.69) is 6.07 Å². The van der Waals surface area contributed by atoms with Crippen molar-refractivity contribution in [2.75, 3.05) is 0 Å². The standard InChI is InChI=1S/C10H12OS/c1-7(11)5-9-6-8-3-2-4-10(8)12-9/h6H,2-5H2,1H3. The maximum absolute atomic E-state index is 10.8. The molecule has 0 radical (unpaired) electrons. The Labute approximate surface area is 76.4 Å². The third-order valence-corrected chi connectivity index (χ3v) is 3.46. The summed E-state index contributed by atoms with van der Waals surface area (Å²) in [4.78, 5) is 13.6. The first-order valence-corrected chi connectivity index (χ1v) is 5.17. The van der Waals surface area contributed by atoms with Crippen LogP contribution in [0.1, 0.15) is 28.7 Å². The molecule has 1 aromatic rings. The summed E-state index contributed by atoms with van der Waals surface area (Å²) in [5.74, 6) is 0.273. The van der Waals surface area contributed by atoms with Crippen LogP contribution in [0.15, 0.2) is 6.07 Å². The number of Topliss-reactive ketones (excluding diaryl/α,β-unsaturated/α-hetero) is 1. The molecular weight excluding hydrogens is 168 g/mol. The first-order chi connectivity index (χ1) is 5.75. The minimum Gasteiger partial charge on any atom is -0.300 e. The monoisotopic (exact) mass is 180 g/mol. The number of ketones is 1. The van der Waals surface area contributed by atoms with Crippen molar-refractivity contribution in [3.05, 3.63) is 21.4 Å². The van der Waals surface area contributed by atoms with Gasteiger partial charge in [-0.2, -0.15) is 0 Å². The summed E-state index contributed by atoms with van der Waals surface area (Å²) in [6.45, 7) is 1.66. The van der Waals surface area contributed by atoms with Crippen molar-refractivity contribution < 1.29 is 4.79 Å². The molecule has 1 aliphatic carbocycles. The zero-order chi connectivity index (χ0) is 8.55. The summed E-state index contributed by atoms with van der Waals surface area (Å²) < 4.78 is 0. The molecule has 0 aromatic carbocycles. The quantitative estimate of drug-likeness (QED) is 0.683. The zero-order valence-corrected chi connectivity index (χ0v) is 8.04. The van der Waals surface area contributed by atoms with Gasteiger partial charge in [0, 0.05) is 16.2 Å². The molecule has 0 amide bonds. The third kappa shape index (κ3) is 1.44. The molecule has 1 nitrogen and oxygen atoms in total. The third-order valence-electron chi connectivity index (χ3n) is 2.22. The molecule has 2 rings (SSSR count). The Morgan fingerprint density at radius 1 is 1.58 bits per heavy atom. The van der Waals surface area contributed by atoms with Crippen LogP contribution in [0.5, 0.6) is 0 Å². The van der Waals surface area contributed by atoms with Crippen molar-refractivity contribution in [1.82, 2.24) is 0 Å². The van der Waals surface area contributed by atoms with Crippen LogP contribution < -0.4 is 0 Å². The Balaban J connectivity index is 2.20. The Morgan fingerprint density at radius 3 is 3.08 bits per heavy atom. The summed E-state index contributed by atoms with van der Waals surface area (Å²) >= 11 is 1.83. The first-order valence-electron chi connectivity index (χ1n) is 4.35. The molecule has 0 atom stereocenters. The molecule has 0 aliphatic heterocycles. The van der Waals surface area contributed by atoms with Gasteiger partial charge in [0.2, 0.25) is 0 Å². The predicted octanol–water partition coefficient (Wildman–Crippen LogP) is 2.37. The molecule has 1 aliphatic rings. The number of rotatable bonds is 2. The number of aryl methyl sites for hydroxylation is 2. The first kappa shape index (κ1) is 7.99. The van der Waals surface area contributed by atoms with Gasteiger partial charge in [0.25, 0.3) is 0 Å². The van der Waals surface area contributed by atoms with Crippen molar-refractivity contribution in [3.63, 3.8) is 0 Å². The second-order valence-electron chi connectivity index (χ2n) is 3.39. The van der Waals surface area contributed by atoms with E-state index in [9.17, 15) is 4.79 Å². The van der Waals surface area contributed by atoms with Crippen molar-refractivity contribution in [2.24, 2.45) is 0 Å². The van der Waals surface area contributed by atoms with Gasteiger partial charge in [0.1, 0.15) is 5.78 Å². The van der Waals surface area contributed by atoms with Gasteiger partial charge in [-0.15, -0.1) is 11.3 Å². The molecule has 64 valence electrons. The lowest BCUT2D eigenvalue weighted by Gasteiger charge is -1.90. The minimum absolute atomic E-state index is 0.273. The van der Waals surface area contributed by atoms with Crippen LogP contribution in [0.3, 0.4) is 0 Å². The fourth-order valence-electron chi connectivity index (χ4n) is 1.72. The lowest BCUT2D eigenvalue weighted by atomic mass is 10.2. The minimum atomic E-state index is 0.273. The highest BCUT2D eigenvalue weighted by Crippen LogP contribution is 2.30. The van der Waals surface area contributed by atoms with Gasteiger partial charge in [0.05, 0.1) is 0 Å². The SMILES string of the molecule is CC(=O)Cc1cc2c(s1)CCC2. The van der Waals surface area contributed by atoms with Crippen molar-refractivity contribution in [3.8, 4) is 0 Å². The normalized spacial score (nSPS) is 14.8. The average Bonchev–Trinajstić information content (AvgIpc) is 2.43. The van der Waals surface area contributed by atoms with E-state index < -0.39 is 0 Å². The van der Waals surface area contributed by atoms with E-state index in [1.807, 2.05) is 11.3 Å². The maximum Gasteiger partial charge on any atom is 0.135 e. The number of hydrogen-bond donors (Lipinski definition) is 0. The maximum atomic E-state index is 10.8. The van der Waals surface area contributed by atoms with Gasteiger partial charge < -0.3 is 0 Å². The predicted molar refractivity (Wildman–Crippen MR) is 50.7 cm³/mol. The van der Waals surface area contributed by atoms with Crippen LogP contribution in [0.2, 0.25) is 0 Å². The fourth-order valence-corrected chi connectivity index (χ4v) is 3.05. The number of thiophene rings is 1. The molecule has 1 heterocycles. The highest BCUT2D eigenvalue weighted by molar-refractivity contribution is 7.12. The number of carbonyl (C=O) groups is 1. The molecule has 0 fully saturated rings. The Bertz CT molecular complexity index is 290. The zero-order valence-electron chi connectivity index (χ0n) is 7.22. The van der Waals surface area contributed by atoms with Gasteiger partial charge in [0.15, 0.2) is 0 Å². The van der Waals surface area contributed by atoms with Gasteiger partial charge in [-0.3, -0.25) is 4.79 Å². The van der Waals surface area contributed by atoms with Crippen LogP contribution in [0.4, 0.5) is 0 Å². The highest BCUT2D eigenvalue weighted by Gasteiger charge is 2.14. The van der Waals surface area contributed by atoms with Gasteiger partial charge in [-0.25, -0.2) is 0 Å². The molecule has 1 aromatic heterocycles. The largest absolute Gasteiger partial charge is 0.300 e. The number of carbonyl (C=O) groups excluding carboxylic acids is 1. The van der Waals surface area contributed by atoms with E-state index in [1.165, 1.54) is 34.6 Å². The van der Waals surface area contributed by atoms with Crippen molar-refractivity contribution in [2.45, 2.75) is 32.6 Å². The van der Waals surface area contributed by atoms with Crippen LogP contribution >= 0.6 is 11.3 Å². The lowest BCUT2D eigenvalue weighted by molar-refractivity contribution is -0.116. The second-order valence-corrected chi connectivity index (χ2v) is 4.61. The number of fused-ring (bicyclic) bond motifs is 1. The van der Waals surface area contributed by atoms with E-state index in [4.69, 9.17) is 0 Å². The Hall–Kier alpha value is -0.630. The molecule has 0 saturated carbocycles. The summed E-state index contributed by atoms with van der Waals surface area (Å²) in [6.07, 6.45) is 4.40. The van der Waals surface area contributed by atoms with Crippen molar-refractivity contribution in [1.29, 1.82) is 0 Å². The van der Waals surface area contributed by atoms with Gasteiger partial charge in [-0.05, 0) is 37.8 Å². The second kappa shape index (κ2) is 3.02. The molecule has 12 heavy (non-hydrogen) atoms. The summed E-state index contributed by atoms with van der Waals surface area (Å²) in [5, 5.41) is 0. The fraction of sp³-hybridized carbons (Fsp3) is 0.500. The lowest BCUT2D eigenvalue weighted by Crippen LogP contribution is -1.92. The van der Waals surface area contributed by atoms with E-state index in [-0.39, 0.29) is 5.78 Å². The molecule has 0 saturated heterocycles. The van der Waals surface area contributed by atoms with E-state index in [1.54, 1.807) is 6.92 Å². The average molecular weight is 180 g/mol. The Kier molecular flexibility index (Phi) is 2.01. The molecule has 0 spiro atoms. The van der Waals surface area contributed by atoms with Gasteiger partial charge >= 0.3 is 0 Å². The molecule has 0 unspecified atom stereocenters. The van der Waals surface area contributed by atoms with Crippen LogP contribution in [0, 0.1) is 0 Å². The van der Waals surface area contributed by atoms with Gasteiger partial charge in [-0.1, -0.05) is 0 Å². The van der Waals surface area contributed by atoms with Crippen LogP contribution in [-0.4, -0.2) is 5.78 Å². The molecule has 0 N–H and O–H groups in total. The Morgan fingerprint density at radius 2 is 2.42 bits per heavy atom. The molecule has 0 bridgehead atoms. The topological polar surface area (TPSA) is 17.1 Å². The van der Waals surface area contributed by atoms with E-state index in [0.29, 0.717) is 6.42 Å². The summed E-state index contributed by atoms with van der Waals surface area (Å²) in [6, 6.07) is 2.22. The van der Waals surface area contributed by atoms with E-state index in [0.717, 1.165) is 0 Å². The number of hydrogen-bond acceptors (Lipinski definition) is 2. The highest BCUT2D eigenvalue weighted by atomic mass is 32.1. The molecular formula is C10H12OS. The van der Waals surface area contributed by atoms with Crippen LogP contribution in [0.25, 0.3) is 0 Å². The smallest absolute Gasteiger partial charge is 0.135 e. The van der Waals surface area contributed by atoms with Crippen LogP contribution in [-0.2, 0) is 24.1 Å². The molecule has 2 heteroatoms. The van der Waals surface area contributed by atoms with Crippen molar-refractivity contribution >= 4 is 17.1 Å². The summed E-state index contributed by atoms with van der Waals surface area (Å²) in [5.41, 5.74) is 1.50. The summed E-state index contributed by atoms with van der Waals surface area (Å²) in [7, 11) is 0. The van der Waals surface area contributed by atoms with E-state index >= 15 is 0 Å².